The van der Waals surface area contributed by atoms with Crippen LogP contribution >= 0.6 is 0 Å². The highest BCUT2D eigenvalue weighted by atomic mass is 16.5. The Morgan fingerprint density at radius 1 is 1.44 bits per heavy atom. The minimum atomic E-state index is -0.182. The second-order valence-electron chi connectivity index (χ2n) is 3.94. The number of para-hydroxylation sites is 1. The second kappa shape index (κ2) is 7.55. The number of hydrogen-bond donors (Lipinski definition) is 2. The Morgan fingerprint density at radius 3 is 2.83 bits per heavy atom. The number of likely N-dealkylation sites (N-methyl/N-ethyl adjacent to an activating group) is 1. The lowest BCUT2D eigenvalue weighted by Crippen LogP contribution is -2.39. The van der Waals surface area contributed by atoms with Crippen LogP contribution in [-0.4, -0.2) is 49.9 Å². The van der Waals surface area contributed by atoms with Crippen LogP contribution in [0.4, 0.5) is 4.79 Å². The number of carbonyl (C=O) groups excluding carboxylic acids is 1. The lowest BCUT2D eigenvalue weighted by atomic mass is 10.1. The van der Waals surface area contributed by atoms with Crippen molar-refractivity contribution in [2.75, 3.05) is 33.9 Å². The Bertz CT molecular complexity index is 382. The van der Waals surface area contributed by atoms with Gasteiger partial charge < -0.3 is 20.1 Å². The van der Waals surface area contributed by atoms with Crippen LogP contribution in [0.3, 0.4) is 0 Å². The number of nitrogens with zero attached hydrogens (tertiary/aromatic N) is 1. The molecule has 0 aliphatic heterocycles. The molecule has 0 radical (unpaired) electrons. The zero-order chi connectivity index (χ0) is 13.4. The number of benzene rings is 1. The normalized spacial score (nSPS) is 9.94. The van der Waals surface area contributed by atoms with Crippen molar-refractivity contribution < 1.29 is 14.6 Å². The Kier molecular flexibility index (Phi) is 6.00. The fourth-order valence-electron chi connectivity index (χ4n) is 1.60. The van der Waals surface area contributed by atoms with Crippen LogP contribution in [0.25, 0.3) is 0 Å². The molecule has 1 rings (SSSR count). The SMILES string of the molecule is COc1ccccc1CCNC(=O)N(C)CCO. The number of urea groups is 1. The summed E-state index contributed by atoms with van der Waals surface area (Å²) in [5.41, 5.74) is 1.06. The van der Waals surface area contributed by atoms with E-state index in [0.717, 1.165) is 11.3 Å². The van der Waals surface area contributed by atoms with Gasteiger partial charge in [-0.25, -0.2) is 4.79 Å². The summed E-state index contributed by atoms with van der Waals surface area (Å²) in [6.07, 6.45) is 0.711. The highest BCUT2D eigenvalue weighted by Crippen LogP contribution is 2.17. The smallest absolute Gasteiger partial charge is 0.317 e. The zero-order valence-corrected chi connectivity index (χ0v) is 10.8. The molecule has 100 valence electrons. The van der Waals surface area contributed by atoms with Crippen molar-refractivity contribution in [1.82, 2.24) is 10.2 Å². The predicted molar refractivity (Wildman–Crippen MR) is 69.8 cm³/mol. The van der Waals surface area contributed by atoms with Gasteiger partial charge in [0.05, 0.1) is 13.7 Å². The lowest BCUT2D eigenvalue weighted by molar-refractivity contribution is 0.190. The number of amides is 2. The van der Waals surface area contributed by atoms with Gasteiger partial charge in [-0.3, -0.25) is 0 Å². The number of carbonyl (C=O) groups is 1. The zero-order valence-electron chi connectivity index (χ0n) is 10.8. The molecule has 18 heavy (non-hydrogen) atoms. The van der Waals surface area contributed by atoms with Crippen LogP contribution in [-0.2, 0) is 6.42 Å². The molecule has 1 aromatic carbocycles. The van der Waals surface area contributed by atoms with Gasteiger partial charge in [0.1, 0.15) is 5.75 Å². The highest BCUT2D eigenvalue weighted by molar-refractivity contribution is 5.73. The van der Waals surface area contributed by atoms with Crippen LogP contribution < -0.4 is 10.1 Å². The van der Waals surface area contributed by atoms with Crippen LogP contribution in [0.15, 0.2) is 24.3 Å². The third kappa shape index (κ3) is 4.25. The van der Waals surface area contributed by atoms with E-state index in [4.69, 9.17) is 9.84 Å². The molecular weight excluding hydrogens is 232 g/mol. The number of hydrogen-bond acceptors (Lipinski definition) is 3. The van der Waals surface area contributed by atoms with Crippen molar-refractivity contribution >= 4 is 6.03 Å². The van der Waals surface area contributed by atoms with Crippen molar-refractivity contribution in [1.29, 1.82) is 0 Å². The number of aliphatic hydroxyl groups excluding tert-OH is 1. The quantitative estimate of drug-likeness (QED) is 0.789. The van der Waals surface area contributed by atoms with Gasteiger partial charge in [-0.2, -0.15) is 0 Å². The number of methoxy groups -OCH3 is 1. The topological polar surface area (TPSA) is 61.8 Å². The standard InChI is InChI=1S/C13H20N2O3/c1-15(9-10-16)13(17)14-8-7-11-5-3-4-6-12(11)18-2/h3-6,16H,7-10H2,1-2H3,(H,14,17). The van der Waals surface area contributed by atoms with Gasteiger partial charge in [0, 0.05) is 20.1 Å². The van der Waals surface area contributed by atoms with E-state index in [1.54, 1.807) is 14.2 Å². The average Bonchev–Trinajstić information content (AvgIpc) is 2.39. The van der Waals surface area contributed by atoms with E-state index < -0.39 is 0 Å². The molecule has 0 fully saturated rings. The van der Waals surface area contributed by atoms with Gasteiger partial charge in [0.15, 0.2) is 0 Å². The molecule has 0 aliphatic rings. The van der Waals surface area contributed by atoms with E-state index in [1.165, 1.54) is 4.90 Å². The van der Waals surface area contributed by atoms with Crippen LogP contribution in [0.2, 0.25) is 0 Å². The molecule has 0 spiro atoms. The lowest BCUT2D eigenvalue weighted by Gasteiger charge is -2.16. The van der Waals surface area contributed by atoms with E-state index >= 15 is 0 Å². The predicted octanol–water partition coefficient (Wildman–Crippen LogP) is 0.871. The van der Waals surface area contributed by atoms with Crippen molar-refractivity contribution in [3.8, 4) is 5.75 Å². The molecule has 2 N–H and O–H groups in total. The summed E-state index contributed by atoms with van der Waals surface area (Å²) in [5, 5.41) is 11.5. The minimum absolute atomic E-state index is 0.0313. The van der Waals surface area contributed by atoms with Crippen LogP contribution in [0, 0.1) is 0 Å². The molecule has 0 bridgehead atoms. The first kappa shape index (κ1) is 14.3. The molecular formula is C13H20N2O3. The third-order valence-electron chi connectivity index (χ3n) is 2.65. The second-order valence-corrected chi connectivity index (χ2v) is 3.94. The van der Waals surface area contributed by atoms with Gasteiger partial charge in [-0.05, 0) is 18.1 Å². The summed E-state index contributed by atoms with van der Waals surface area (Å²) < 4.78 is 5.23. The third-order valence-corrected chi connectivity index (χ3v) is 2.65. The van der Waals surface area contributed by atoms with Crippen molar-refractivity contribution in [2.45, 2.75) is 6.42 Å². The maximum Gasteiger partial charge on any atom is 0.317 e. The molecule has 0 unspecified atom stereocenters. The van der Waals surface area contributed by atoms with E-state index in [-0.39, 0.29) is 12.6 Å². The number of nitrogens with one attached hydrogen (secondary N) is 1. The van der Waals surface area contributed by atoms with Gasteiger partial charge in [-0.15, -0.1) is 0 Å². The monoisotopic (exact) mass is 252 g/mol. The van der Waals surface area contributed by atoms with E-state index in [0.29, 0.717) is 19.5 Å². The first-order valence-electron chi connectivity index (χ1n) is 5.90. The number of rotatable bonds is 6. The summed E-state index contributed by atoms with van der Waals surface area (Å²) in [7, 11) is 3.28. The summed E-state index contributed by atoms with van der Waals surface area (Å²) in [6.45, 7) is 0.839. The number of aliphatic hydroxyl groups is 1. The Morgan fingerprint density at radius 2 is 2.17 bits per heavy atom. The summed E-state index contributed by atoms with van der Waals surface area (Å²) in [4.78, 5) is 13.0. The molecule has 0 aromatic heterocycles. The largest absolute Gasteiger partial charge is 0.496 e. The molecule has 5 nitrogen and oxygen atoms in total. The van der Waals surface area contributed by atoms with Crippen LogP contribution in [0.1, 0.15) is 5.56 Å². The highest BCUT2D eigenvalue weighted by Gasteiger charge is 2.07. The molecule has 0 saturated heterocycles. The molecule has 0 aliphatic carbocycles. The fraction of sp³-hybridized carbons (Fsp3) is 0.462. The number of ether oxygens (including phenoxy) is 1. The molecule has 0 atom stereocenters. The van der Waals surface area contributed by atoms with Crippen LogP contribution in [0.5, 0.6) is 5.75 Å². The van der Waals surface area contributed by atoms with E-state index in [2.05, 4.69) is 5.32 Å². The summed E-state index contributed by atoms with van der Waals surface area (Å²) in [6, 6.07) is 7.55. The summed E-state index contributed by atoms with van der Waals surface area (Å²) >= 11 is 0. The van der Waals surface area contributed by atoms with E-state index in [1.807, 2.05) is 24.3 Å². The van der Waals surface area contributed by atoms with Gasteiger partial charge in [0.25, 0.3) is 0 Å². The molecule has 5 heteroatoms. The maximum atomic E-state index is 11.6. The van der Waals surface area contributed by atoms with Crippen molar-refractivity contribution in [2.24, 2.45) is 0 Å². The Labute approximate surface area is 107 Å². The maximum absolute atomic E-state index is 11.6. The molecule has 2 amide bonds. The van der Waals surface area contributed by atoms with Gasteiger partial charge in [0.2, 0.25) is 0 Å². The minimum Gasteiger partial charge on any atom is -0.496 e. The van der Waals surface area contributed by atoms with Crippen molar-refractivity contribution in [3.63, 3.8) is 0 Å². The first-order valence-corrected chi connectivity index (χ1v) is 5.90. The van der Waals surface area contributed by atoms with E-state index in [9.17, 15) is 4.79 Å². The van der Waals surface area contributed by atoms with Gasteiger partial charge in [-0.1, -0.05) is 18.2 Å². The first-order chi connectivity index (χ1) is 8.69. The molecule has 0 saturated carbocycles. The fourth-order valence-corrected chi connectivity index (χ4v) is 1.60. The van der Waals surface area contributed by atoms with Crippen molar-refractivity contribution in [3.05, 3.63) is 29.8 Å². The molecule has 0 heterocycles. The Hall–Kier alpha value is -1.75. The Balaban J connectivity index is 2.39. The van der Waals surface area contributed by atoms with Gasteiger partial charge >= 0.3 is 6.03 Å². The molecule has 1 aromatic rings. The average molecular weight is 252 g/mol. The summed E-state index contributed by atoms with van der Waals surface area (Å²) in [5.74, 6) is 0.829.